The molecule has 0 N–H and O–H groups in total. The summed E-state index contributed by atoms with van der Waals surface area (Å²) in [4.78, 5) is 12.0. The minimum Gasteiger partial charge on any atom is -0.496 e. The van der Waals surface area contributed by atoms with Gasteiger partial charge >= 0.3 is 0 Å². The Morgan fingerprint density at radius 1 is 1.14 bits per heavy atom. The first-order valence-electron chi connectivity index (χ1n) is 6.71. The van der Waals surface area contributed by atoms with Gasteiger partial charge in [-0.25, -0.2) is 0 Å². The molecule has 0 bridgehead atoms. The van der Waals surface area contributed by atoms with E-state index in [2.05, 4.69) is 15.9 Å². The number of carbonyl (C=O) groups excluding carboxylic acids is 1. The molecular formula is C17H17BrO3. The fraction of sp³-hybridized carbons (Fsp3) is 0.235. The van der Waals surface area contributed by atoms with Gasteiger partial charge in [-0.05, 0) is 30.3 Å². The summed E-state index contributed by atoms with van der Waals surface area (Å²) in [5, 5.41) is 0. The largest absolute Gasteiger partial charge is 0.496 e. The third-order valence-electron chi connectivity index (χ3n) is 3.02. The summed E-state index contributed by atoms with van der Waals surface area (Å²) in [6, 6.07) is 15.2. The smallest absolute Gasteiger partial charge is 0.140 e. The zero-order valence-electron chi connectivity index (χ0n) is 11.8. The van der Waals surface area contributed by atoms with E-state index < -0.39 is 0 Å². The highest BCUT2D eigenvalue weighted by atomic mass is 79.9. The monoisotopic (exact) mass is 348 g/mol. The van der Waals surface area contributed by atoms with Crippen LogP contribution in [0, 0.1) is 0 Å². The lowest BCUT2D eigenvalue weighted by atomic mass is 10.1. The first-order valence-corrected chi connectivity index (χ1v) is 7.50. The van der Waals surface area contributed by atoms with Crippen molar-refractivity contribution in [2.45, 2.75) is 12.8 Å². The normalized spacial score (nSPS) is 10.2. The number of ether oxygens (including phenoxy) is 2. The summed E-state index contributed by atoms with van der Waals surface area (Å²) in [7, 11) is 1.61. The molecule has 0 fully saturated rings. The van der Waals surface area contributed by atoms with Gasteiger partial charge in [0.15, 0.2) is 0 Å². The van der Waals surface area contributed by atoms with Crippen LogP contribution in [-0.4, -0.2) is 19.5 Å². The number of hydrogen-bond acceptors (Lipinski definition) is 3. The lowest BCUT2D eigenvalue weighted by Gasteiger charge is -2.09. The lowest BCUT2D eigenvalue weighted by molar-refractivity contribution is -0.118. The quantitative estimate of drug-likeness (QED) is 0.757. The van der Waals surface area contributed by atoms with Gasteiger partial charge in [-0.15, -0.1) is 0 Å². The van der Waals surface area contributed by atoms with E-state index in [1.54, 1.807) is 7.11 Å². The highest BCUT2D eigenvalue weighted by molar-refractivity contribution is 9.10. The van der Waals surface area contributed by atoms with Crippen molar-refractivity contribution in [3.8, 4) is 11.5 Å². The predicted octanol–water partition coefficient (Wildman–Crippen LogP) is 4.04. The van der Waals surface area contributed by atoms with Crippen molar-refractivity contribution in [2.75, 3.05) is 13.7 Å². The molecule has 0 heterocycles. The summed E-state index contributed by atoms with van der Waals surface area (Å²) in [6.07, 6.45) is 0.728. The van der Waals surface area contributed by atoms with Crippen molar-refractivity contribution in [3.05, 3.63) is 58.6 Å². The van der Waals surface area contributed by atoms with Gasteiger partial charge in [-0.3, -0.25) is 4.79 Å². The van der Waals surface area contributed by atoms with Crippen LogP contribution in [0.3, 0.4) is 0 Å². The number of rotatable bonds is 7. The Bertz CT molecular complexity index is 596. The maximum absolute atomic E-state index is 12.0. The molecule has 0 amide bonds. The molecule has 3 nitrogen and oxygen atoms in total. The Morgan fingerprint density at radius 3 is 2.62 bits per heavy atom. The molecule has 0 aliphatic rings. The summed E-state index contributed by atoms with van der Waals surface area (Å²) < 4.78 is 11.7. The van der Waals surface area contributed by atoms with E-state index >= 15 is 0 Å². The average Bonchev–Trinajstić information content (AvgIpc) is 2.48. The Balaban J connectivity index is 1.86. The molecule has 0 saturated carbocycles. The summed E-state index contributed by atoms with van der Waals surface area (Å²) in [6.45, 7) is 0.388. The fourth-order valence-electron chi connectivity index (χ4n) is 1.99. The van der Waals surface area contributed by atoms with Gasteiger partial charge in [0, 0.05) is 22.9 Å². The highest BCUT2D eigenvalue weighted by Crippen LogP contribution is 2.23. The van der Waals surface area contributed by atoms with Crippen molar-refractivity contribution >= 4 is 21.7 Å². The third-order valence-corrected chi connectivity index (χ3v) is 3.52. The number of Topliss-reactive ketones (excluding diaryl/α,β-unsaturated/α-hetero) is 1. The molecule has 0 aliphatic heterocycles. The van der Waals surface area contributed by atoms with Crippen LogP contribution in [0.25, 0.3) is 0 Å². The number of carbonyl (C=O) groups is 1. The van der Waals surface area contributed by atoms with Gasteiger partial charge in [0.1, 0.15) is 17.3 Å². The van der Waals surface area contributed by atoms with Gasteiger partial charge in [-0.1, -0.05) is 34.1 Å². The van der Waals surface area contributed by atoms with E-state index in [9.17, 15) is 4.79 Å². The molecule has 110 valence electrons. The summed E-state index contributed by atoms with van der Waals surface area (Å²) in [5.74, 6) is 1.64. The van der Waals surface area contributed by atoms with Gasteiger partial charge in [0.2, 0.25) is 0 Å². The maximum atomic E-state index is 12.0. The molecule has 0 aliphatic carbocycles. The van der Waals surface area contributed by atoms with Crippen LogP contribution < -0.4 is 9.47 Å². The molecule has 2 rings (SSSR count). The van der Waals surface area contributed by atoms with Gasteiger partial charge < -0.3 is 9.47 Å². The lowest BCUT2D eigenvalue weighted by Crippen LogP contribution is -2.09. The molecular weight excluding hydrogens is 332 g/mol. The molecule has 0 saturated heterocycles. The van der Waals surface area contributed by atoms with E-state index in [1.165, 1.54) is 0 Å². The summed E-state index contributed by atoms with van der Waals surface area (Å²) >= 11 is 3.41. The van der Waals surface area contributed by atoms with Crippen molar-refractivity contribution < 1.29 is 14.3 Å². The Morgan fingerprint density at radius 2 is 1.90 bits per heavy atom. The number of hydrogen-bond donors (Lipinski definition) is 0. The number of benzene rings is 2. The predicted molar refractivity (Wildman–Crippen MR) is 86.0 cm³/mol. The second kappa shape index (κ2) is 7.84. The van der Waals surface area contributed by atoms with E-state index in [0.29, 0.717) is 19.4 Å². The van der Waals surface area contributed by atoms with E-state index in [4.69, 9.17) is 9.47 Å². The SMILES string of the molecule is COc1ccc(Br)cc1CC(=O)CCOc1ccccc1. The van der Waals surface area contributed by atoms with E-state index in [1.807, 2.05) is 48.5 Å². The van der Waals surface area contributed by atoms with Gasteiger partial charge in [0.05, 0.1) is 13.7 Å². The first-order chi connectivity index (χ1) is 10.2. The molecule has 0 aromatic heterocycles. The van der Waals surface area contributed by atoms with Crippen molar-refractivity contribution in [1.82, 2.24) is 0 Å². The maximum Gasteiger partial charge on any atom is 0.140 e. The second-order valence-electron chi connectivity index (χ2n) is 4.58. The molecule has 4 heteroatoms. The molecule has 0 unspecified atom stereocenters. The van der Waals surface area contributed by atoms with Crippen molar-refractivity contribution in [2.24, 2.45) is 0 Å². The van der Waals surface area contributed by atoms with Crippen LogP contribution in [0.4, 0.5) is 0 Å². The minimum absolute atomic E-state index is 0.127. The topological polar surface area (TPSA) is 35.5 Å². The Labute approximate surface area is 133 Å². The van der Waals surface area contributed by atoms with Crippen LogP contribution in [0.5, 0.6) is 11.5 Å². The van der Waals surface area contributed by atoms with Gasteiger partial charge in [-0.2, -0.15) is 0 Å². The van der Waals surface area contributed by atoms with Crippen LogP contribution in [-0.2, 0) is 11.2 Å². The average molecular weight is 349 g/mol. The Kier molecular flexibility index (Phi) is 5.81. The van der Waals surface area contributed by atoms with Crippen LogP contribution in [0.1, 0.15) is 12.0 Å². The molecule has 0 spiro atoms. The number of halogens is 1. The number of para-hydroxylation sites is 1. The highest BCUT2D eigenvalue weighted by Gasteiger charge is 2.09. The fourth-order valence-corrected chi connectivity index (χ4v) is 2.39. The summed E-state index contributed by atoms with van der Waals surface area (Å²) in [5.41, 5.74) is 0.886. The number of methoxy groups -OCH3 is 1. The van der Waals surface area contributed by atoms with Crippen LogP contribution >= 0.6 is 15.9 Å². The third kappa shape index (κ3) is 4.90. The Hall–Kier alpha value is -1.81. The van der Waals surface area contributed by atoms with Crippen molar-refractivity contribution in [3.63, 3.8) is 0 Å². The molecule has 0 radical (unpaired) electrons. The second-order valence-corrected chi connectivity index (χ2v) is 5.50. The van der Waals surface area contributed by atoms with E-state index in [0.717, 1.165) is 21.5 Å². The minimum atomic E-state index is 0.127. The van der Waals surface area contributed by atoms with E-state index in [-0.39, 0.29) is 5.78 Å². The molecule has 2 aromatic carbocycles. The molecule has 2 aromatic rings. The first kappa shape index (κ1) is 15.6. The zero-order valence-corrected chi connectivity index (χ0v) is 13.4. The standard InChI is InChI=1S/C17H17BrO3/c1-20-17-8-7-14(18)11-13(17)12-15(19)9-10-21-16-5-3-2-4-6-16/h2-8,11H,9-10,12H2,1H3. The number of ketones is 1. The van der Waals surface area contributed by atoms with Crippen LogP contribution in [0.15, 0.2) is 53.0 Å². The molecule has 21 heavy (non-hydrogen) atoms. The zero-order chi connectivity index (χ0) is 15.1. The van der Waals surface area contributed by atoms with Crippen LogP contribution in [0.2, 0.25) is 0 Å². The van der Waals surface area contributed by atoms with Crippen molar-refractivity contribution in [1.29, 1.82) is 0 Å². The molecule has 0 atom stereocenters. The van der Waals surface area contributed by atoms with Gasteiger partial charge in [0.25, 0.3) is 0 Å².